The lowest BCUT2D eigenvalue weighted by atomic mass is 10.1. The van der Waals surface area contributed by atoms with E-state index in [1.165, 1.54) is 24.3 Å². The van der Waals surface area contributed by atoms with Crippen LogP contribution in [0.1, 0.15) is 34.6 Å². The molecule has 0 unspecified atom stereocenters. The fourth-order valence-corrected chi connectivity index (χ4v) is 3.94. The number of fused-ring (bicyclic) bond motifs is 1. The van der Waals surface area contributed by atoms with Gasteiger partial charge in [-0.3, -0.25) is 0 Å². The Balaban J connectivity index is 1.61. The number of rotatable bonds is 2. The third-order valence-corrected chi connectivity index (χ3v) is 5.38. The predicted octanol–water partition coefficient (Wildman–Crippen LogP) is 4.72. The van der Waals surface area contributed by atoms with Gasteiger partial charge in [-0.1, -0.05) is 24.3 Å². The number of thiocarbonyl (C=S) groups is 2. The van der Waals surface area contributed by atoms with E-state index >= 15 is 0 Å². The van der Waals surface area contributed by atoms with Crippen molar-refractivity contribution in [3.8, 4) is 0 Å². The lowest BCUT2D eigenvalue weighted by Gasteiger charge is -2.27. The van der Waals surface area contributed by atoms with Crippen molar-refractivity contribution in [1.29, 1.82) is 0 Å². The van der Waals surface area contributed by atoms with E-state index in [4.69, 9.17) is 24.4 Å². The van der Waals surface area contributed by atoms with Crippen molar-refractivity contribution in [3.63, 3.8) is 0 Å². The summed E-state index contributed by atoms with van der Waals surface area (Å²) >= 11 is 10.7. The van der Waals surface area contributed by atoms with E-state index in [2.05, 4.69) is 10.6 Å². The fraction of sp³-hybridized carbons (Fsp3) is 0.222. The summed E-state index contributed by atoms with van der Waals surface area (Å²) in [7, 11) is 0. The molecule has 30 heavy (non-hydrogen) atoms. The highest BCUT2D eigenvalue weighted by atomic mass is 32.1. The normalized spacial score (nSPS) is 21.5. The first-order chi connectivity index (χ1) is 14.0. The first kappa shape index (κ1) is 20.7. The van der Waals surface area contributed by atoms with Crippen LogP contribution in [-0.4, -0.2) is 20.2 Å². The molecule has 2 N–H and O–H groups in total. The lowest BCUT2D eigenvalue weighted by Crippen LogP contribution is -2.36. The van der Waals surface area contributed by atoms with Crippen molar-refractivity contribution < 1.29 is 26.3 Å². The van der Waals surface area contributed by atoms with Crippen LogP contribution in [0, 0.1) is 0 Å². The van der Waals surface area contributed by atoms with Crippen molar-refractivity contribution >= 4 is 34.7 Å². The highest BCUT2D eigenvalue weighted by Crippen LogP contribution is 2.38. The summed E-state index contributed by atoms with van der Waals surface area (Å²) in [6, 6.07) is 9.12. The maximum absolute atomic E-state index is 12.8. The lowest BCUT2D eigenvalue weighted by molar-refractivity contribution is -0.138. The molecule has 2 aliphatic heterocycles. The zero-order valence-corrected chi connectivity index (χ0v) is 16.4. The molecule has 0 radical (unpaired) electrons. The molecule has 0 spiro atoms. The second-order valence-corrected chi connectivity index (χ2v) is 7.41. The summed E-state index contributed by atoms with van der Waals surface area (Å²) in [6.07, 6.45) is -10.2. The molecule has 12 heteroatoms. The van der Waals surface area contributed by atoms with Crippen LogP contribution in [0.5, 0.6) is 0 Å². The minimum atomic E-state index is -4.46. The van der Waals surface area contributed by atoms with Gasteiger partial charge in [0.2, 0.25) is 0 Å². The van der Waals surface area contributed by atoms with Crippen LogP contribution in [0.25, 0.3) is 0 Å². The van der Waals surface area contributed by atoms with Crippen LogP contribution in [0.15, 0.2) is 48.5 Å². The fourth-order valence-electron chi connectivity index (χ4n) is 3.33. The Labute approximate surface area is 177 Å². The molecule has 0 aromatic heterocycles. The minimum Gasteiger partial charge on any atom is -0.336 e. The third-order valence-electron chi connectivity index (χ3n) is 4.77. The number of hydrogen-bond donors (Lipinski definition) is 2. The Bertz CT molecular complexity index is 906. The Morgan fingerprint density at radius 3 is 1.17 bits per heavy atom. The monoisotopic (exact) mass is 462 g/mol. The van der Waals surface area contributed by atoms with E-state index in [0.29, 0.717) is 11.1 Å². The molecule has 2 aromatic carbocycles. The van der Waals surface area contributed by atoms with Gasteiger partial charge in [-0.05, 0) is 59.8 Å². The van der Waals surface area contributed by atoms with Gasteiger partial charge in [-0.2, -0.15) is 26.3 Å². The summed E-state index contributed by atoms with van der Waals surface area (Å²) in [6.45, 7) is 0. The van der Waals surface area contributed by atoms with E-state index in [0.717, 1.165) is 24.3 Å². The molecule has 4 rings (SSSR count). The van der Waals surface area contributed by atoms with E-state index in [1.54, 1.807) is 10.0 Å². The van der Waals surface area contributed by atoms with Gasteiger partial charge in [0.25, 0.3) is 0 Å². The smallest absolute Gasteiger partial charge is 0.336 e. The quantitative estimate of drug-likeness (QED) is 0.497. The maximum Gasteiger partial charge on any atom is 0.416 e. The maximum atomic E-state index is 12.8. The Morgan fingerprint density at radius 2 is 0.900 bits per heavy atom. The van der Waals surface area contributed by atoms with E-state index < -0.39 is 35.8 Å². The molecule has 158 valence electrons. The van der Waals surface area contributed by atoms with Crippen LogP contribution < -0.4 is 10.6 Å². The van der Waals surface area contributed by atoms with Gasteiger partial charge in [0.15, 0.2) is 10.2 Å². The van der Waals surface area contributed by atoms with Crippen molar-refractivity contribution in [2.45, 2.75) is 24.7 Å². The number of benzene rings is 2. The van der Waals surface area contributed by atoms with Crippen LogP contribution >= 0.6 is 24.4 Å². The number of alkyl halides is 6. The highest BCUT2D eigenvalue weighted by Gasteiger charge is 2.47. The molecule has 2 saturated heterocycles. The number of nitrogens with one attached hydrogen (secondary N) is 2. The molecule has 0 aliphatic carbocycles. The minimum absolute atomic E-state index is 0.233. The van der Waals surface area contributed by atoms with Crippen molar-refractivity contribution in [2.24, 2.45) is 0 Å². The van der Waals surface area contributed by atoms with Gasteiger partial charge >= 0.3 is 12.4 Å². The van der Waals surface area contributed by atoms with Gasteiger partial charge in [-0.25, -0.2) is 10.0 Å². The van der Waals surface area contributed by atoms with E-state index in [-0.39, 0.29) is 10.2 Å². The largest absolute Gasteiger partial charge is 0.416 e. The van der Waals surface area contributed by atoms with E-state index in [9.17, 15) is 26.3 Å². The standard InChI is InChI=1S/C18H12F6N4S2/c19-17(20,21)11-5-1-9(2-6-11)13-25-15(29)28-14(26-16(30)27(13)28)10-3-7-12(8-4-10)18(22,23)24/h1-8,13-14H,(H,25,29)(H,26,30)/t13-,14+. The number of hydrogen-bond acceptors (Lipinski definition) is 2. The topological polar surface area (TPSA) is 30.5 Å². The van der Waals surface area contributed by atoms with Crippen LogP contribution in [0.2, 0.25) is 0 Å². The summed E-state index contributed by atoms with van der Waals surface area (Å²) < 4.78 is 76.9. The second-order valence-electron chi connectivity index (χ2n) is 6.63. The molecule has 0 bridgehead atoms. The number of halogens is 6. The summed E-state index contributed by atoms with van der Waals surface area (Å²) in [5, 5.41) is 9.56. The summed E-state index contributed by atoms with van der Waals surface area (Å²) in [5.74, 6) is 0. The molecule has 4 nitrogen and oxygen atoms in total. The summed E-state index contributed by atoms with van der Waals surface area (Å²) in [4.78, 5) is 0. The molecule has 2 atom stereocenters. The molecule has 2 fully saturated rings. The first-order valence-electron chi connectivity index (χ1n) is 8.50. The molecular weight excluding hydrogens is 450 g/mol. The molecule has 0 saturated carbocycles. The van der Waals surface area contributed by atoms with Crippen LogP contribution in [0.3, 0.4) is 0 Å². The van der Waals surface area contributed by atoms with Crippen LogP contribution in [-0.2, 0) is 12.4 Å². The average molecular weight is 462 g/mol. The van der Waals surface area contributed by atoms with Gasteiger partial charge < -0.3 is 10.6 Å². The SMILES string of the molecule is FC(F)(F)c1ccc([C@H]2NC(=S)N3[C@H](c4ccc(C(F)(F)F)cc4)NC(=S)N23)cc1. The average Bonchev–Trinajstić information content (AvgIpc) is 3.19. The van der Waals surface area contributed by atoms with Crippen molar-refractivity contribution in [2.75, 3.05) is 0 Å². The Hall–Kier alpha value is -2.60. The first-order valence-corrected chi connectivity index (χ1v) is 9.32. The second kappa shape index (κ2) is 6.98. The predicted molar refractivity (Wildman–Crippen MR) is 104 cm³/mol. The van der Waals surface area contributed by atoms with Gasteiger partial charge in [0, 0.05) is 0 Å². The molecule has 0 amide bonds. The van der Waals surface area contributed by atoms with Crippen molar-refractivity contribution in [1.82, 2.24) is 20.7 Å². The van der Waals surface area contributed by atoms with Gasteiger partial charge in [0.05, 0.1) is 11.1 Å². The van der Waals surface area contributed by atoms with Crippen LogP contribution in [0.4, 0.5) is 26.3 Å². The van der Waals surface area contributed by atoms with Gasteiger partial charge in [0.1, 0.15) is 12.3 Å². The number of nitrogens with zero attached hydrogens (tertiary/aromatic N) is 2. The molecule has 2 aromatic rings. The molecule has 2 aliphatic rings. The van der Waals surface area contributed by atoms with Crippen molar-refractivity contribution in [3.05, 3.63) is 70.8 Å². The zero-order valence-electron chi connectivity index (χ0n) is 14.8. The highest BCUT2D eigenvalue weighted by molar-refractivity contribution is 7.80. The summed E-state index contributed by atoms with van der Waals surface area (Å²) in [5.41, 5.74) is -0.586. The number of hydrazine groups is 1. The Kier molecular flexibility index (Phi) is 4.81. The molecule has 2 heterocycles. The van der Waals surface area contributed by atoms with Gasteiger partial charge in [-0.15, -0.1) is 0 Å². The van der Waals surface area contributed by atoms with E-state index in [1.807, 2.05) is 0 Å². The zero-order chi connectivity index (χ0) is 21.8. The Morgan fingerprint density at radius 1 is 0.600 bits per heavy atom. The molecular formula is C18H12F6N4S2. The third kappa shape index (κ3) is 3.54.